The fourth-order valence-electron chi connectivity index (χ4n) is 2.45. The van der Waals surface area contributed by atoms with Crippen molar-refractivity contribution in [1.29, 1.82) is 0 Å². The highest BCUT2D eigenvalue weighted by Gasteiger charge is 2.38. The molecular weight excluding hydrogens is 302 g/mol. The number of halogens is 1. The number of alkyl halides is 1. The van der Waals surface area contributed by atoms with Gasteiger partial charge in [-0.15, -0.1) is 23.4 Å². The molecule has 0 bridgehead atoms. The Bertz CT molecular complexity index is 498. The Balaban J connectivity index is 2.20. The smallest absolute Gasteiger partial charge is 0.230 e. The average molecular weight is 326 g/mol. The number of carbonyl (C=O) groups excluding carboxylic acids is 1. The Kier molecular flexibility index (Phi) is 5.26. The molecule has 1 fully saturated rings. The summed E-state index contributed by atoms with van der Waals surface area (Å²) in [6.07, 6.45) is 0. The summed E-state index contributed by atoms with van der Waals surface area (Å²) in [6.45, 7) is 9.03. The van der Waals surface area contributed by atoms with E-state index in [1.54, 1.807) is 0 Å². The quantitative estimate of drug-likeness (QED) is 0.751. The lowest BCUT2D eigenvalue weighted by Gasteiger charge is -2.31. The molecule has 0 unspecified atom stereocenters. The maximum Gasteiger partial charge on any atom is 0.230 e. The highest BCUT2D eigenvalue weighted by atomic mass is 35.5. The minimum absolute atomic E-state index is 0.126. The predicted molar refractivity (Wildman–Crippen MR) is 91.9 cm³/mol. The van der Waals surface area contributed by atoms with Gasteiger partial charge in [0.05, 0.1) is 5.41 Å². The number of carbonyl (C=O) groups is 1. The van der Waals surface area contributed by atoms with Crippen LogP contribution in [0.4, 0.5) is 0 Å². The molecule has 0 saturated carbocycles. The summed E-state index contributed by atoms with van der Waals surface area (Å²) < 4.78 is 0. The first kappa shape index (κ1) is 16.7. The normalized spacial score (nSPS) is 19.3. The van der Waals surface area contributed by atoms with Crippen molar-refractivity contribution >= 4 is 29.3 Å². The van der Waals surface area contributed by atoms with Gasteiger partial charge in [-0.05, 0) is 30.9 Å². The van der Waals surface area contributed by atoms with E-state index < -0.39 is 5.41 Å². The maximum atomic E-state index is 12.7. The summed E-state index contributed by atoms with van der Waals surface area (Å²) in [5.41, 5.74) is 2.05. The number of rotatable bonds is 4. The van der Waals surface area contributed by atoms with Gasteiger partial charge >= 0.3 is 0 Å². The van der Waals surface area contributed by atoms with E-state index in [4.69, 9.17) is 11.6 Å². The summed E-state index contributed by atoms with van der Waals surface area (Å²) in [7, 11) is 0. The van der Waals surface area contributed by atoms with E-state index in [-0.39, 0.29) is 11.3 Å². The highest BCUT2D eigenvalue weighted by Crippen LogP contribution is 2.40. The Morgan fingerprint density at radius 2 is 2.00 bits per heavy atom. The summed E-state index contributed by atoms with van der Waals surface area (Å²) in [5.74, 6) is 2.02. The first-order valence-electron chi connectivity index (χ1n) is 7.45. The molecule has 0 radical (unpaired) electrons. The van der Waals surface area contributed by atoms with E-state index in [0.29, 0.717) is 11.8 Å². The summed E-state index contributed by atoms with van der Waals surface area (Å²) >= 11 is 7.80. The Morgan fingerprint density at radius 1 is 1.38 bits per heavy atom. The highest BCUT2D eigenvalue weighted by molar-refractivity contribution is 7.99. The molecule has 2 rings (SSSR count). The van der Waals surface area contributed by atoms with Crippen molar-refractivity contribution < 1.29 is 4.79 Å². The molecule has 1 saturated heterocycles. The molecule has 0 N–H and O–H groups in total. The van der Waals surface area contributed by atoms with Crippen molar-refractivity contribution in [3.63, 3.8) is 0 Å². The Morgan fingerprint density at radius 3 is 2.52 bits per heavy atom. The molecule has 116 valence electrons. The van der Waals surface area contributed by atoms with Crippen LogP contribution in [0.3, 0.4) is 0 Å². The van der Waals surface area contributed by atoms with E-state index in [0.717, 1.165) is 12.3 Å². The molecule has 4 heteroatoms. The molecule has 0 aliphatic carbocycles. The third-order valence-corrected chi connectivity index (χ3v) is 5.88. The number of hydrogen-bond donors (Lipinski definition) is 0. The fourth-order valence-corrected chi connectivity index (χ4v) is 3.82. The topological polar surface area (TPSA) is 20.3 Å². The minimum atomic E-state index is -0.497. The lowest BCUT2D eigenvalue weighted by atomic mass is 9.94. The molecule has 1 heterocycles. The predicted octanol–water partition coefficient (Wildman–Crippen LogP) is 4.65. The Labute approximate surface area is 137 Å². The first-order chi connectivity index (χ1) is 9.86. The van der Waals surface area contributed by atoms with Crippen molar-refractivity contribution in [3.05, 3.63) is 35.4 Å². The van der Waals surface area contributed by atoms with Gasteiger partial charge in [0.25, 0.3) is 0 Å². The summed E-state index contributed by atoms with van der Waals surface area (Å²) in [4.78, 5) is 14.7. The molecule has 1 aromatic rings. The fraction of sp³-hybridized carbons (Fsp3) is 0.588. The van der Waals surface area contributed by atoms with Crippen molar-refractivity contribution in [3.8, 4) is 0 Å². The van der Waals surface area contributed by atoms with Crippen molar-refractivity contribution in [1.82, 2.24) is 4.90 Å². The Hall–Kier alpha value is -0.670. The summed E-state index contributed by atoms with van der Waals surface area (Å²) in [6, 6.07) is 8.67. The van der Waals surface area contributed by atoms with E-state index in [2.05, 4.69) is 38.1 Å². The number of nitrogens with zero attached hydrogens (tertiary/aromatic N) is 1. The molecule has 0 spiro atoms. The number of amides is 1. The van der Waals surface area contributed by atoms with Crippen LogP contribution in [0.1, 0.15) is 50.1 Å². The summed E-state index contributed by atoms with van der Waals surface area (Å²) in [5, 5.41) is 0.126. The lowest BCUT2D eigenvalue weighted by molar-refractivity contribution is -0.139. The number of benzene rings is 1. The van der Waals surface area contributed by atoms with Gasteiger partial charge in [-0.2, -0.15) is 0 Å². The molecule has 2 nitrogen and oxygen atoms in total. The van der Waals surface area contributed by atoms with Gasteiger partial charge < -0.3 is 4.90 Å². The van der Waals surface area contributed by atoms with Crippen molar-refractivity contribution in [2.24, 2.45) is 5.41 Å². The monoisotopic (exact) mass is 325 g/mol. The van der Waals surface area contributed by atoms with Gasteiger partial charge in [-0.3, -0.25) is 4.79 Å². The first-order valence-corrected chi connectivity index (χ1v) is 9.03. The van der Waals surface area contributed by atoms with Crippen LogP contribution in [-0.4, -0.2) is 29.0 Å². The molecule has 1 aromatic carbocycles. The molecule has 0 aromatic heterocycles. The van der Waals surface area contributed by atoms with Gasteiger partial charge in [0.2, 0.25) is 5.91 Å². The van der Waals surface area contributed by atoms with Gasteiger partial charge in [-0.25, -0.2) is 0 Å². The van der Waals surface area contributed by atoms with Gasteiger partial charge in [-0.1, -0.05) is 38.1 Å². The second-order valence-electron chi connectivity index (χ2n) is 6.56. The molecule has 21 heavy (non-hydrogen) atoms. The molecule has 1 amide bonds. The number of thioether (sulfide) groups is 1. The van der Waals surface area contributed by atoms with Gasteiger partial charge in [0, 0.05) is 18.2 Å². The molecule has 1 aliphatic rings. The van der Waals surface area contributed by atoms with E-state index in [9.17, 15) is 4.79 Å². The zero-order valence-corrected chi connectivity index (χ0v) is 14.8. The van der Waals surface area contributed by atoms with Crippen LogP contribution >= 0.6 is 23.4 Å². The van der Waals surface area contributed by atoms with Crippen LogP contribution < -0.4 is 0 Å². The van der Waals surface area contributed by atoms with Crippen LogP contribution in [0.25, 0.3) is 0 Å². The van der Waals surface area contributed by atoms with Crippen molar-refractivity contribution in [2.75, 3.05) is 18.2 Å². The van der Waals surface area contributed by atoms with Crippen LogP contribution in [0.15, 0.2) is 24.3 Å². The van der Waals surface area contributed by atoms with Crippen LogP contribution in [0.2, 0.25) is 0 Å². The minimum Gasteiger partial charge on any atom is -0.325 e. The lowest BCUT2D eigenvalue weighted by Crippen LogP contribution is -2.41. The van der Waals surface area contributed by atoms with Crippen LogP contribution in [0, 0.1) is 5.41 Å². The third-order valence-electron chi connectivity index (χ3n) is 3.95. The molecular formula is C17H24ClNOS. The zero-order valence-electron chi connectivity index (χ0n) is 13.2. The van der Waals surface area contributed by atoms with E-state index >= 15 is 0 Å². The standard InChI is InChI=1S/C17H24ClNOS/c1-12(2)13-5-7-14(8-6-13)15-19(9-10-21-15)16(20)17(3,4)11-18/h5-8,12,15H,9-11H2,1-4H3/t15-/m0/s1. The average Bonchev–Trinajstić information content (AvgIpc) is 2.95. The van der Waals surface area contributed by atoms with Gasteiger partial charge in [0.15, 0.2) is 0 Å². The van der Waals surface area contributed by atoms with Crippen molar-refractivity contribution in [2.45, 2.75) is 39.0 Å². The maximum absolute atomic E-state index is 12.7. The third kappa shape index (κ3) is 3.57. The van der Waals surface area contributed by atoms with E-state index in [1.807, 2.05) is 30.5 Å². The largest absolute Gasteiger partial charge is 0.325 e. The molecule has 1 atom stereocenters. The van der Waals surface area contributed by atoms with Crippen LogP contribution in [-0.2, 0) is 4.79 Å². The number of hydrogen-bond acceptors (Lipinski definition) is 2. The zero-order chi connectivity index (χ0) is 15.6. The SMILES string of the molecule is CC(C)c1ccc([C@@H]2SCCN2C(=O)C(C)(C)CCl)cc1. The van der Waals surface area contributed by atoms with Crippen LogP contribution in [0.5, 0.6) is 0 Å². The second kappa shape index (κ2) is 6.62. The van der Waals surface area contributed by atoms with Gasteiger partial charge in [0.1, 0.15) is 5.37 Å². The van der Waals surface area contributed by atoms with E-state index in [1.165, 1.54) is 11.1 Å². The molecule has 1 aliphatic heterocycles. The second-order valence-corrected chi connectivity index (χ2v) is 8.02.